The van der Waals surface area contributed by atoms with Gasteiger partial charge in [-0.1, -0.05) is 25.4 Å². The van der Waals surface area contributed by atoms with Crippen molar-refractivity contribution in [3.63, 3.8) is 0 Å². The zero-order valence-electron chi connectivity index (χ0n) is 8.21. The van der Waals surface area contributed by atoms with Crippen LogP contribution >= 0.6 is 11.6 Å². The van der Waals surface area contributed by atoms with Crippen LogP contribution in [0.2, 0.25) is 5.02 Å². The molecule has 0 aliphatic heterocycles. The van der Waals surface area contributed by atoms with Crippen molar-refractivity contribution in [1.82, 2.24) is 4.98 Å². The van der Waals surface area contributed by atoms with Gasteiger partial charge in [-0.05, 0) is 25.0 Å². The molecule has 3 heteroatoms. The summed E-state index contributed by atoms with van der Waals surface area (Å²) in [5.74, 6) is 0.380. The van der Waals surface area contributed by atoms with Gasteiger partial charge in [0.25, 0.3) is 0 Å². The first kappa shape index (κ1) is 10.5. The molecule has 2 N–H and O–H groups in total. The highest BCUT2D eigenvalue weighted by molar-refractivity contribution is 6.30. The highest BCUT2D eigenvalue weighted by Gasteiger charge is 2.12. The number of pyridine rings is 1. The Kier molecular flexibility index (Phi) is 3.28. The largest absolute Gasteiger partial charge is 0.322 e. The fourth-order valence-electron chi connectivity index (χ4n) is 1.16. The minimum absolute atomic E-state index is 0.0302. The van der Waals surface area contributed by atoms with Gasteiger partial charge in [0.15, 0.2) is 0 Å². The van der Waals surface area contributed by atoms with E-state index >= 15 is 0 Å². The lowest BCUT2D eigenvalue weighted by Crippen LogP contribution is -2.18. The van der Waals surface area contributed by atoms with Gasteiger partial charge >= 0.3 is 0 Å². The average molecular weight is 199 g/mol. The Hall–Kier alpha value is -0.600. The molecule has 0 radical (unpaired) electrons. The number of aryl methyl sites for hydroxylation is 1. The molecule has 0 aliphatic carbocycles. The van der Waals surface area contributed by atoms with E-state index in [4.69, 9.17) is 17.3 Å². The molecule has 13 heavy (non-hydrogen) atoms. The van der Waals surface area contributed by atoms with E-state index in [9.17, 15) is 0 Å². The minimum atomic E-state index is -0.0302. The fourth-order valence-corrected chi connectivity index (χ4v) is 1.43. The average Bonchev–Trinajstić information content (AvgIpc) is 2.01. The van der Waals surface area contributed by atoms with Crippen molar-refractivity contribution in [3.05, 3.63) is 28.5 Å². The normalized spacial score (nSPS) is 13.4. The lowest BCUT2D eigenvalue weighted by Gasteiger charge is -2.15. The Morgan fingerprint density at radius 1 is 1.38 bits per heavy atom. The Balaban J connectivity index is 3.01. The number of nitrogens with two attached hydrogens (primary N) is 1. The molecule has 0 amide bonds. The first-order valence-corrected chi connectivity index (χ1v) is 4.78. The van der Waals surface area contributed by atoms with Gasteiger partial charge in [0.05, 0.1) is 5.69 Å². The Morgan fingerprint density at radius 3 is 2.46 bits per heavy atom. The highest BCUT2D eigenvalue weighted by Crippen LogP contribution is 2.20. The summed E-state index contributed by atoms with van der Waals surface area (Å²) in [4.78, 5) is 4.35. The van der Waals surface area contributed by atoms with Crippen molar-refractivity contribution in [2.75, 3.05) is 0 Å². The number of nitrogens with zero attached hydrogens (tertiary/aromatic N) is 1. The molecule has 1 aromatic rings. The van der Waals surface area contributed by atoms with E-state index in [-0.39, 0.29) is 6.04 Å². The number of aromatic nitrogens is 1. The van der Waals surface area contributed by atoms with Gasteiger partial charge in [0.2, 0.25) is 0 Å². The molecule has 72 valence electrons. The van der Waals surface area contributed by atoms with Crippen molar-refractivity contribution in [2.24, 2.45) is 11.7 Å². The molecule has 1 heterocycles. The van der Waals surface area contributed by atoms with Crippen LogP contribution in [0.3, 0.4) is 0 Å². The summed E-state index contributed by atoms with van der Waals surface area (Å²) in [6, 6.07) is 3.63. The molecule has 0 aromatic carbocycles. The second-order valence-corrected chi connectivity index (χ2v) is 4.06. The Morgan fingerprint density at radius 2 is 2.00 bits per heavy atom. The second-order valence-electron chi connectivity index (χ2n) is 3.62. The standard InChI is InChI=1S/C10H15ClN2/c1-6(2)10(12)9-5-8(11)4-7(3)13-9/h4-6,10H,12H2,1-3H3. The summed E-state index contributed by atoms with van der Waals surface area (Å²) >= 11 is 5.90. The second kappa shape index (κ2) is 4.07. The van der Waals surface area contributed by atoms with Gasteiger partial charge in [-0.25, -0.2) is 0 Å². The third kappa shape index (κ3) is 2.68. The van der Waals surface area contributed by atoms with Crippen molar-refractivity contribution in [2.45, 2.75) is 26.8 Å². The molecule has 1 rings (SSSR count). The van der Waals surface area contributed by atoms with Gasteiger partial charge in [0.1, 0.15) is 0 Å². The van der Waals surface area contributed by atoms with Crippen LogP contribution in [-0.2, 0) is 0 Å². The molecular weight excluding hydrogens is 184 g/mol. The summed E-state index contributed by atoms with van der Waals surface area (Å²) in [6.07, 6.45) is 0. The topological polar surface area (TPSA) is 38.9 Å². The maximum Gasteiger partial charge on any atom is 0.0591 e. The molecule has 0 aliphatic rings. The lowest BCUT2D eigenvalue weighted by molar-refractivity contribution is 0.502. The molecule has 0 fully saturated rings. The number of rotatable bonds is 2. The van der Waals surface area contributed by atoms with E-state index in [0.29, 0.717) is 10.9 Å². The van der Waals surface area contributed by atoms with E-state index in [1.54, 1.807) is 0 Å². The Bertz CT molecular complexity index is 277. The molecule has 0 spiro atoms. The predicted molar refractivity (Wildman–Crippen MR) is 55.8 cm³/mol. The van der Waals surface area contributed by atoms with Crippen LogP contribution in [0.4, 0.5) is 0 Å². The highest BCUT2D eigenvalue weighted by atomic mass is 35.5. The third-order valence-electron chi connectivity index (χ3n) is 2.00. The lowest BCUT2D eigenvalue weighted by atomic mass is 10.0. The smallest absolute Gasteiger partial charge is 0.0591 e. The van der Waals surface area contributed by atoms with Crippen LogP contribution in [-0.4, -0.2) is 4.98 Å². The predicted octanol–water partition coefficient (Wildman–Crippen LogP) is 2.70. The van der Waals surface area contributed by atoms with Crippen LogP contribution in [0, 0.1) is 12.8 Å². The summed E-state index contributed by atoms with van der Waals surface area (Å²) in [6.45, 7) is 6.06. The van der Waals surface area contributed by atoms with E-state index in [2.05, 4.69) is 18.8 Å². The molecule has 0 bridgehead atoms. The SMILES string of the molecule is Cc1cc(Cl)cc(C(N)C(C)C)n1. The fraction of sp³-hybridized carbons (Fsp3) is 0.500. The van der Waals surface area contributed by atoms with Gasteiger partial charge in [-0.2, -0.15) is 0 Å². The minimum Gasteiger partial charge on any atom is -0.322 e. The zero-order valence-corrected chi connectivity index (χ0v) is 8.97. The van der Waals surface area contributed by atoms with E-state index < -0.39 is 0 Å². The Labute approximate surface area is 84.1 Å². The van der Waals surface area contributed by atoms with Crippen LogP contribution in [0.25, 0.3) is 0 Å². The van der Waals surface area contributed by atoms with Gasteiger partial charge < -0.3 is 5.73 Å². The van der Waals surface area contributed by atoms with Crippen LogP contribution in [0.1, 0.15) is 31.3 Å². The number of hydrogen-bond acceptors (Lipinski definition) is 2. The van der Waals surface area contributed by atoms with Crippen molar-refractivity contribution in [3.8, 4) is 0 Å². The molecule has 1 unspecified atom stereocenters. The molecule has 2 nitrogen and oxygen atoms in total. The first-order chi connectivity index (χ1) is 6.00. The summed E-state index contributed by atoms with van der Waals surface area (Å²) < 4.78 is 0. The summed E-state index contributed by atoms with van der Waals surface area (Å²) in [7, 11) is 0. The van der Waals surface area contributed by atoms with Gasteiger partial charge in [-0.15, -0.1) is 0 Å². The summed E-state index contributed by atoms with van der Waals surface area (Å²) in [5.41, 5.74) is 7.74. The molecule has 1 aromatic heterocycles. The van der Waals surface area contributed by atoms with Gasteiger partial charge in [-0.3, -0.25) is 4.98 Å². The number of hydrogen-bond donors (Lipinski definition) is 1. The zero-order chi connectivity index (χ0) is 10.0. The quantitative estimate of drug-likeness (QED) is 0.794. The molecule has 0 saturated heterocycles. The van der Waals surface area contributed by atoms with E-state index in [0.717, 1.165) is 11.4 Å². The maximum atomic E-state index is 5.95. The van der Waals surface area contributed by atoms with Crippen molar-refractivity contribution in [1.29, 1.82) is 0 Å². The van der Waals surface area contributed by atoms with Crippen LogP contribution in [0.15, 0.2) is 12.1 Å². The van der Waals surface area contributed by atoms with Crippen LogP contribution in [0.5, 0.6) is 0 Å². The number of halogens is 1. The monoisotopic (exact) mass is 198 g/mol. The van der Waals surface area contributed by atoms with E-state index in [1.165, 1.54) is 0 Å². The first-order valence-electron chi connectivity index (χ1n) is 4.40. The molecule has 1 atom stereocenters. The maximum absolute atomic E-state index is 5.95. The molecule has 0 saturated carbocycles. The summed E-state index contributed by atoms with van der Waals surface area (Å²) in [5, 5.41) is 0.707. The van der Waals surface area contributed by atoms with Crippen molar-refractivity contribution >= 4 is 11.6 Å². The van der Waals surface area contributed by atoms with Crippen LogP contribution < -0.4 is 5.73 Å². The van der Waals surface area contributed by atoms with Gasteiger partial charge in [0, 0.05) is 16.8 Å². The van der Waals surface area contributed by atoms with Crippen molar-refractivity contribution < 1.29 is 0 Å². The third-order valence-corrected chi connectivity index (χ3v) is 2.22. The molecular formula is C10H15ClN2. The van der Waals surface area contributed by atoms with E-state index in [1.807, 2.05) is 19.1 Å².